The highest BCUT2D eigenvalue weighted by Gasteiger charge is 2.20. The lowest BCUT2D eigenvalue weighted by Crippen LogP contribution is -2.30. The second-order valence-electron chi connectivity index (χ2n) is 5.93. The number of benzene rings is 1. The van der Waals surface area contributed by atoms with Crippen molar-refractivity contribution in [2.45, 2.75) is 19.5 Å². The molecular weight excluding hydrogens is 308 g/mol. The predicted molar refractivity (Wildman–Crippen MR) is 93.5 cm³/mol. The largest absolute Gasteiger partial charge is 0.493 e. The van der Waals surface area contributed by atoms with Gasteiger partial charge in [-0.15, -0.1) is 11.3 Å². The highest BCUT2D eigenvalue weighted by molar-refractivity contribution is 7.17. The van der Waals surface area contributed by atoms with E-state index in [1.165, 1.54) is 27.0 Å². The number of ether oxygens (including phenoxy) is 2. The molecule has 0 amide bonds. The van der Waals surface area contributed by atoms with Gasteiger partial charge in [-0.2, -0.15) is 0 Å². The third-order valence-corrected chi connectivity index (χ3v) is 5.35. The summed E-state index contributed by atoms with van der Waals surface area (Å²) in [6, 6.07) is 8.65. The summed E-state index contributed by atoms with van der Waals surface area (Å²) in [7, 11) is 3.38. The van der Waals surface area contributed by atoms with Gasteiger partial charge in [-0.25, -0.2) is 0 Å². The van der Waals surface area contributed by atoms with E-state index in [2.05, 4.69) is 39.5 Å². The molecule has 1 aliphatic heterocycles. The van der Waals surface area contributed by atoms with Crippen LogP contribution in [0.1, 0.15) is 16.8 Å². The van der Waals surface area contributed by atoms with E-state index in [4.69, 9.17) is 9.47 Å². The minimum atomic E-state index is 0.813. The topological polar surface area (TPSA) is 37.5 Å². The molecule has 0 saturated heterocycles. The SMILES string of the molecule is COc1cc2c(cc1OC)CN(Cc1cc3sccc3[nH]1)CC2. The van der Waals surface area contributed by atoms with E-state index in [1.54, 1.807) is 25.6 Å². The van der Waals surface area contributed by atoms with E-state index >= 15 is 0 Å². The molecule has 0 unspecified atom stereocenters. The normalized spacial score (nSPS) is 14.9. The molecule has 1 aliphatic rings. The van der Waals surface area contributed by atoms with Gasteiger partial charge in [0.2, 0.25) is 0 Å². The fourth-order valence-electron chi connectivity index (χ4n) is 3.31. The Balaban J connectivity index is 1.54. The monoisotopic (exact) mass is 328 g/mol. The summed E-state index contributed by atoms with van der Waals surface area (Å²) in [6.07, 6.45) is 1.05. The Bertz CT molecular complexity index is 808. The van der Waals surface area contributed by atoms with Crippen molar-refractivity contribution in [3.63, 3.8) is 0 Å². The first-order chi connectivity index (χ1) is 11.3. The molecule has 0 bridgehead atoms. The third kappa shape index (κ3) is 2.71. The minimum absolute atomic E-state index is 0.813. The van der Waals surface area contributed by atoms with E-state index < -0.39 is 0 Å². The first-order valence-corrected chi connectivity index (χ1v) is 8.66. The number of fused-ring (bicyclic) bond motifs is 2. The third-order valence-electron chi connectivity index (χ3n) is 4.49. The number of nitrogens with zero attached hydrogens (tertiary/aromatic N) is 1. The van der Waals surface area contributed by atoms with Gasteiger partial charge < -0.3 is 14.5 Å². The van der Waals surface area contributed by atoms with Crippen molar-refractivity contribution in [2.24, 2.45) is 0 Å². The zero-order valence-corrected chi connectivity index (χ0v) is 14.2. The van der Waals surface area contributed by atoms with E-state index in [0.717, 1.165) is 37.6 Å². The molecule has 0 aliphatic carbocycles. The molecule has 0 spiro atoms. The fourth-order valence-corrected chi connectivity index (χ4v) is 4.11. The van der Waals surface area contributed by atoms with Crippen LogP contribution in [-0.2, 0) is 19.5 Å². The lowest BCUT2D eigenvalue weighted by molar-refractivity contribution is 0.242. The number of hydrogen-bond donors (Lipinski definition) is 1. The van der Waals surface area contributed by atoms with Gasteiger partial charge in [-0.05, 0) is 47.2 Å². The van der Waals surface area contributed by atoms with Gasteiger partial charge in [0.25, 0.3) is 0 Å². The first-order valence-electron chi connectivity index (χ1n) is 7.78. The Labute approximate surface area is 139 Å². The van der Waals surface area contributed by atoms with Gasteiger partial charge in [0.15, 0.2) is 11.5 Å². The quantitative estimate of drug-likeness (QED) is 0.791. The summed E-state index contributed by atoms with van der Waals surface area (Å²) < 4.78 is 12.2. The second-order valence-corrected chi connectivity index (χ2v) is 6.88. The molecule has 2 aromatic heterocycles. The highest BCUT2D eigenvalue weighted by atomic mass is 32.1. The Morgan fingerprint density at radius 3 is 2.65 bits per heavy atom. The van der Waals surface area contributed by atoms with Crippen LogP contribution in [0.3, 0.4) is 0 Å². The van der Waals surface area contributed by atoms with Crippen molar-refractivity contribution in [3.8, 4) is 11.5 Å². The van der Waals surface area contributed by atoms with Gasteiger partial charge in [0, 0.05) is 25.3 Å². The lowest BCUT2D eigenvalue weighted by atomic mass is 9.98. The van der Waals surface area contributed by atoms with Crippen molar-refractivity contribution in [1.29, 1.82) is 0 Å². The summed E-state index contributed by atoms with van der Waals surface area (Å²) >= 11 is 1.79. The first kappa shape index (κ1) is 14.6. The lowest BCUT2D eigenvalue weighted by Gasteiger charge is -2.29. The van der Waals surface area contributed by atoms with Crippen molar-refractivity contribution >= 4 is 21.6 Å². The van der Waals surface area contributed by atoms with E-state index in [9.17, 15) is 0 Å². The smallest absolute Gasteiger partial charge is 0.161 e. The summed E-state index contributed by atoms with van der Waals surface area (Å²) in [5.41, 5.74) is 5.23. The molecule has 4 rings (SSSR count). The van der Waals surface area contributed by atoms with Crippen LogP contribution in [-0.4, -0.2) is 30.6 Å². The van der Waals surface area contributed by atoms with Crippen LogP contribution in [0.2, 0.25) is 0 Å². The van der Waals surface area contributed by atoms with Crippen LogP contribution in [0.4, 0.5) is 0 Å². The Morgan fingerprint density at radius 1 is 1.13 bits per heavy atom. The number of aromatic amines is 1. The number of nitrogens with one attached hydrogen (secondary N) is 1. The average Bonchev–Trinajstić information content (AvgIpc) is 3.14. The molecule has 0 saturated carbocycles. The average molecular weight is 328 g/mol. The number of aromatic nitrogens is 1. The molecule has 120 valence electrons. The molecule has 3 heterocycles. The number of methoxy groups -OCH3 is 2. The molecule has 23 heavy (non-hydrogen) atoms. The van der Waals surface area contributed by atoms with Gasteiger partial charge >= 0.3 is 0 Å². The van der Waals surface area contributed by atoms with Gasteiger partial charge in [-0.1, -0.05) is 0 Å². The predicted octanol–water partition coefficient (Wildman–Crippen LogP) is 3.80. The Hall–Kier alpha value is -1.98. The van der Waals surface area contributed by atoms with Gasteiger partial charge in [-0.3, -0.25) is 4.90 Å². The van der Waals surface area contributed by atoms with Crippen molar-refractivity contribution < 1.29 is 9.47 Å². The molecule has 0 atom stereocenters. The zero-order valence-electron chi connectivity index (χ0n) is 13.4. The van der Waals surface area contributed by atoms with Gasteiger partial charge in [0.05, 0.1) is 24.4 Å². The maximum atomic E-state index is 5.44. The molecule has 1 N–H and O–H groups in total. The minimum Gasteiger partial charge on any atom is -0.493 e. The molecule has 5 heteroatoms. The van der Waals surface area contributed by atoms with E-state index in [1.807, 2.05) is 0 Å². The van der Waals surface area contributed by atoms with Crippen molar-refractivity contribution in [2.75, 3.05) is 20.8 Å². The number of H-pyrrole nitrogens is 1. The summed E-state index contributed by atoms with van der Waals surface area (Å²) in [5.74, 6) is 1.64. The van der Waals surface area contributed by atoms with Gasteiger partial charge in [0.1, 0.15) is 0 Å². The molecule has 3 aromatic rings. The molecule has 0 radical (unpaired) electrons. The van der Waals surface area contributed by atoms with Crippen LogP contribution in [0.15, 0.2) is 29.6 Å². The zero-order chi connectivity index (χ0) is 15.8. The second kappa shape index (κ2) is 5.91. The number of hydrogen-bond acceptors (Lipinski definition) is 4. The standard InChI is InChI=1S/C18H20N2O2S/c1-21-16-7-12-3-5-20(10-13(12)8-17(16)22-2)11-14-9-18-15(19-14)4-6-23-18/h4,6-9,19H,3,5,10-11H2,1-2H3. The van der Waals surface area contributed by atoms with Crippen LogP contribution in [0.25, 0.3) is 10.2 Å². The van der Waals surface area contributed by atoms with Crippen LogP contribution >= 0.6 is 11.3 Å². The van der Waals surface area contributed by atoms with Crippen LogP contribution in [0.5, 0.6) is 11.5 Å². The summed E-state index contributed by atoms with van der Waals surface area (Å²) in [5, 5.41) is 2.13. The Morgan fingerprint density at radius 2 is 1.91 bits per heavy atom. The number of thiophene rings is 1. The molecule has 0 fully saturated rings. The molecule has 1 aromatic carbocycles. The highest BCUT2D eigenvalue weighted by Crippen LogP contribution is 2.33. The van der Waals surface area contributed by atoms with Crippen molar-refractivity contribution in [3.05, 3.63) is 46.5 Å². The van der Waals surface area contributed by atoms with Crippen molar-refractivity contribution in [1.82, 2.24) is 9.88 Å². The molecule has 4 nitrogen and oxygen atoms in total. The summed E-state index contributed by atoms with van der Waals surface area (Å²) in [4.78, 5) is 5.99. The maximum Gasteiger partial charge on any atom is 0.161 e. The van der Waals surface area contributed by atoms with E-state index in [0.29, 0.717) is 0 Å². The fraction of sp³-hybridized carbons (Fsp3) is 0.333. The van der Waals surface area contributed by atoms with Crippen LogP contribution in [0, 0.1) is 0 Å². The summed E-state index contributed by atoms with van der Waals surface area (Å²) in [6.45, 7) is 2.96. The number of rotatable bonds is 4. The van der Waals surface area contributed by atoms with E-state index in [-0.39, 0.29) is 0 Å². The Kier molecular flexibility index (Phi) is 3.75. The van der Waals surface area contributed by atoms with Crippen LogP contribution < -0.4 is 9.47 Å². The molecular formula is C18H20N2O2S. The maximum absolute atomic E-state index is 5.44.